The average Bonchev–Trinajstić information content (AvgIpc) is 3.15. The Kier molecular flexibility index (Phi) is 6.01. The molecule has 7 heteroatoms. The average molecular weight is 369 g/mol. The number of aromatic nitrogens is 2. The molecule has 27 heavy (non-hydrogen) atoms. The number of benzene rings is 1. The molecule has 7 nitrogen and oxygen atoms in total. The van der Waals surface area contributed by atoms with Crippen LogP contribution in [0, 0.1) is 5.92 Å². The third-order valence-corrected chi connectivity index (χ3v) is 4.62. The fourth-order valence-electron chi connectivity index (χ4n) is 3.33. The predicted molar refractivity (Wildman–Crippen MR) is 101 cm³/mol. The van der Waals surface area contributed by atoms with E-state index in [0.29, 0.717) is 18.0 Å². The first kappa shape index (κ1) is 18.8. The Morgan fingerprint density at radius 3 is 2.59 bits per heavy atom. The summed E-state index contributed by atoms with van der Waals surface area (Å²) in [5.74, 6) is -0.543. The number of carbonyl (C=O) groups is 2. The summed E-state index contributed by atoms with van der Waals surface area (Å²) in [6.45, 7) is 1.85. The minimum atomic E-state index is -0.682. The predicted octanol–water partition coefficient (Wildman–Crippen LogP) is 2.93. The van der Waals surface area contributed by atoms with E-state index in [9.17, 15) is 14.4 Å². The maximum Gasteiger partial charge on any atom is 0.360 e. The van der Waals surface area contributed by atoms with Gasteiger partial charge in [-0.15, -0.1) is 0 Å². The first-order valence-corrected chi connectivity index (χ1v) is 9.25. The summed E-state index contributed by atoms with van der Waals surface area (Å²) < 4.78 is 6.17. The molecule has 0 spiro atoms. The van der Waals surface area contributed by atoms with E-state index in [-0.39, 0.29) is 23.9 Å². The number of hydrogen-bond acceptors (Lipinski definition) is 5. The molecule has 3 rings (SSSR count). The zero-order chi connectivity index (χ0) is 19.2. The highest BCUT2D eigenvalue weighted by Crippen LogP contribution is 2.28. The standard InChI is InChI=1S/C20H23N3O4/c1-2-27-20(26)19-16(21-17(24)12-14-8-6-7-9-14)13-18(25)23(22-19)15-10-4-3-5-11-15/h3-5,10-11,13-14H,2,6-9,12H2,1H3,(H,21,24). The zero-order valence-corrected chi connectivity index (χ0v) is 15.3. The van der Waals surface area contributed by atoms with Crippen molar-refractivity contribution in [3.05, 3.63) is 52.4 Å². The quantitative estimate of drug-likeness (QED) is 0.791. The summed E-state index contributed by atoms with van der Waals surface area (Å²) in [6.07, 6.45) is 4.73. The molecule has 2 aromatic rings. The lowest BCUT2D eigenvalue weighted by molar-refractivity contribution is -0.117. The Hall–Kier alpha value is -2.96. The minimum Gasteiger partial charge on any atom is -0.461 e. The highest BCUT2D eigenvalue weighted by Gasteiger charge is 2.22. The number of amides is 1. The van der Waals surface area contributed by atoms with Gasteiger partial charge in [-0.2, -0.15) is 9.78 Å². The number of nitrogens with zero attached hydrogens (tertiary/aromatic N) is 2. The minimum absolute atomic E-state index is 0.0833. The number of ether oxygens (including phenoxy) is 1. The van der Waals surface area contributed by atoms with Gasteiger partial charge in [0.2, 0.25) is 5.91 Å². The summed E-state index contributed by atoms with van der Waals surface area (Å²) >= 11 is 0. The zero-order valence-electron chi connectivity index (χ0n) is 15.3. The van der Waals surface area contributed by atoms with Crippen LogP contribution in [0.2, 0.25) is 0 Å². The lowest BCUT2D eigenvalue weighted by Crippen LogP contribution is -2.27. The van der Waals surface area contributed by atoms with Crippen molar-refractivity contribution in [2.45, 2.75) is 39.0 Å². The van der Waals surface area contributed by atoms with Crippen LogP contribution < -0.4 is 10.9 Å². The fourth-order valence-corrected chi connectivity index (χ4v) is 3.33. The van der Waals surface area contributed by atoms with Crippen molar-refractivity contribution >= 4 is 17.6 Å². The SMILES string of the molecule is CCOC(=O)c1nn(-c2ccccc2)c(=O)cc1NC(=O)CC1CCCC1. The van der Waals surface area contributed by atoms with E-state index in [2.05, 4.69) is 10.4 Å². The molecule has 1 aliphatic rings. The van der Waals surface area contributed by atoms with Crippen LogP contribution in [0.25, 0.3) is 5.69 Å². The van der Waals surface area contributed by atoms with E-state index in [1.165, 1.54) is 6.07 Å². The summed E-state index contributed by atoms with van der Waals surface area (Å²) in [5, 5.41) is 6.84. The second-order valence-corrected chi connectivity index (χ2v) is 6.62. The highest BCUT2D eigenvalue weighted by atomic mass is 16.5. The number of nitrogens with one attached hydrogen (secondary N) is 1. The molecule has 0 saturated heterocycles. The molecule has 0 aliphatic heterocycles. The van der Waals surface area contributed by atoms with Gasteiger partial charge >= 0.3 is 5.97 Å². The first-order chi connectivity index (χ1) is 13.1. The molecule has 1 aliphatic carbocycles. The first-order valence-electron chi connectivity index (χ1n) is 9.25. The number of rotatable bonds is 6. The topological polar surface area (TPSA) is 90.3 Å². The Labute approximate surface area is 157 Å². The summed E-state index contributed by atoms with van der Waals surface area (Å²) in [4.78, 5) is 37.2. The molecule has 1 amide bonds. The highest BCUT2D eigenvalue weighted by molar-refractivity contribution is 5.99. The molecule has 0 atom stereocenters. The molecule has 0 unspecified atom stereocenters. The summed E-state index contributed by atoms with van der Waals surface area (Å²) in [7, 11) is 0. The number of esters is 1. The molecule has 1 heterocycles. The molecule has 1 saturated carbocycles. The van der Waals surface area contributed by atoms with Gasteiger partial charge in [0.15, 0.2) is 5.69 Å². The van der Waals surface area contributed by atoms with Crippen LogP contribution >= 0.6 is 0 Å². The molecular weight excluding hydrogens is 346 g/mol. The number of para-hydroxylation sites is 1. The van der Waals surface area contributed by atoms with Crippen molar-refractivity contribution in [3.8, 4) is 5.69 Å². The second kappa shape index (κ2) is 8.62. The number of carbonyl (C=O) groups excluding carboxylic acids is 2. The Morgan fingerprint density at radius 1 is 1.22 bits per heavy atom. The van der Waals surface area contributed by atoms with Crippen molar-refractivity contribution in [2.75, 3.05) is 11.9 Å². The van der Waals surface area contributed by atoms with Crippen LogP contribution in [-0.4, -0.2) is 28.3 Å². The number of anilines is 1. The van der Waals surface area contributed by atoms with Crippen LogP contribution in [0.1, 0.15) is 49.5 Å². The van der Waals surface area contributed by atoms with Crippen LogP contribution in [-0.2, 0) is 9.53 Å². The lowest BCUT2D eigenvalue weighted by Gasteiger charge is -2.13. The van der Waals surface area contributed by atoms with Crippen LogP contribution in [0.15, 0.2) is 41.2 Å². The number of hydrogen-bond donors (Lipinski definition) is 1. The van der Waals surface area contributed by atoms with E-state index in [4.69, 9.17) is 4.74 Å². The van der Waals surface area contributed by atoms with Gasteiger partial charge in [-0.1, -0.05) is 31.0 Å². The van der Waals surface area contributed by atoms with Gasteiger partial charge < -0.3 is 10.1 Å². The van der Waals surface area contributed by atoms with E-state index < -0.39 is 11.5 Å². The van der Waals surface area contributed by atoms with Crippen LogP contribution in [0.4, 0.5) is 5.69 Å². The van der Waals surface area contributed by atoms with E-state index in [0.717, 1.165) is 30.4 Å². The lowest BCUT2D eigenvalue weighted by atomic mass is 10.0. The molecule has 142 valence electrons. The van der Waals surface area contributed by atoms with Gasteiger partial charge in [0, 0.05) is 12.5 Å². The molecule has 1 fully saturated rings. The van der Waals surface area contributed by atoms with Crippen molar-refractivity contribution < 1.29 is 14.3 Å². The van der Waals surface area contributed by atoms with Crippen LogP contribution in [0.5, 0.6) is 0 Å². The van der Waals surface area contributed by atoms with Crippen LogP contribution in [0.3, 0.4) is 0 Å². The molecule has 0 radical (unpaired) electrons. The van der Waals surface area contributed by atoms with Gasteiger partial charge in [-0.25, -0.2) is 4.79 Å². The summed E-state index contributed by atoms with van der Waals surface area (Å²) in [5.41, 5.74) is 0.0935. The summed E-state index contributed by atoms with van der Waals surface area (Å²) in [6, 6.07) is 10.00. The molecule has 1 N–H and O–H groups in total. The normalized spacial score (nSPS) is 14.1. The van der Waals surface area contributed by atoms with E-state index in [1.807, 2.05) is 6.07 Å². The van der Waals surface area contributed by atoms with Crippen molar-refractivity contribution in [1.29, 1.82) is 0 Å². The Morgan fingerprint density at radius 2 is 1.93 bits per heavy atom. The smallest absolute Gasteiger partial charge is 0.360 e. The van der Waals surface area contributed by atoms with E-state index >= 15 is 0 Å². The Bertz CT molecular complexity index is 871. The maximum atomic E-state index is 12.5. The molecular formula is C20H23N3O4. The van der Waals surface area contributed by atoms with Gasteiger partial charge in [-0.3, -0.25) is 9.59 Å². The second-order valence-electron chi connectivity index (χ2n) is 6.62. The van der Waals surface area contributed by atoms with Crippen molar-refractivity contribution in [2.24, 2.45) is 5.92 Å². The molecule has 1 aromatic heterocycles. The molecule has 1 aromatic carbocycles. The van der Waals surface area contributed by atoms with Crippen molar-refractivity contribution in [3.63, 3.8) is 0 Å². The van der Waals surface area contributed by atoms with Gasteiger partial charge in [0.05, 0.1) is 18.0 Å². The third-order valence-electron chi connectivity index (χ3n) is 4.62. The Balaban J connectivity index is 1.91. The largest absolute Gasteiger partial charge is 0.461 e. The van der Waals surface area contributed by atoms with Gasteiger partial charge in [0.25, 0.3) is 5.56 Å². The molecule has 0 bridgehead atoms. The van der Waals surface area contributed by atoms with Gasteiger partial charge in [-0.05, 0) is 37.8 Å². The van der Waals surface area contributed by atoms with Crippen molar-refractivity contribution in [1.82, 2.24) is 9.78 Å². The maximum absolute atomic E-state index is 12.5. The van der Waals surface area contributed by atoms with E-state index in [1.54, 1.807) is 31.2 Å². The monoisotopic (exact) mass is 369 g/mol. The third kappa shape index (κ3) is 4.61. The fraction of sp³-hybridized carbons (Fsp3) is 0.400. The van der Waals surface area contributed by atoms with Gasteiger partial charge in [0.1, 0.15) is 0 Å².